The van der Waals surface area contributed by atoms with Crippen molar-refractivity contribution in [2.45, 2.75) is 33.4 Å². The van der Waals surface area contributed by atoms with Gasteiger partial charge in [-0.2, -0.15) is 0 Å². The van der Waals surface area contributed by atoms with Gasteiger partial charge in [0.15, 0.2) is 0 Å². The molecule has 5 heteroatoms. The van der Waals surface area contributed by atoms with Crippen molar-refractivity contribution in [1.82, 2.24) is 4.90 Å². The van der Waals surface area contributed by atoms with Gasteiger partial charge in [0.05, 0.1) is 4.92 Å². The van der Waals surface area contributed by atoms with E-state index < -0.39 is 0 Å². The summed E-state index contributed by atoms with van der Waals surface area (Å²) >= 11 is 0. The highest BCUT2D eigenvalue weighted by molar-refractivity contribution is 5.66. The van der Waals surface area contributed by atoms with Crippen molar-refractivity contribution in [3.05, 3.63) is 45.5 Å². The molecule has 1 aromatic carbocycles. The molecule has 1 heterocycles. The highest BCUT2D eigenvalue weighted by atomic mass is 16.6. The number of nitro benzene ring substituents is 1. The Bertz CT molecular complexity index is 536. The lowest BCUT2D eigenvalue weighted by Crippen LogP contribution is -2.35. The molecule has 108 valence electrons. The summed E-state index contributed by atoms with van der Waals surface area (Å²) in [4.78, 5) is 13.1. The zero-order chi connectivity index (χ0) is 14.7. The minimum absolute atomic E-state index is 0.166. The Labute approximate surface area is 119 Å². The lowest BCUT2D eigenvalue weighted by molar-refractivity contribution is -0.384. The number of anilines is 1. The predicted octanol–water partition coefficient (Wildman–Crippen LogP) is 3.18. The minimum atomic E-state index is -0.317. The number of fused-ring (bicyclic) bond motifs is 1. The van der Waals surface area contributed by atoms with Gasteiger partial charge in [-0.3, -0.25) is 15.0 Å². The molecule has 0 bridgehead atoms. The summed E-state index contributed by atoms with van der Waals surface area (Å²) < 4.78 is 0. The standard InChI is InChI=1S/C15H21N3O2/c1-11(2)7-8-17-10-13-5-4-6-14(18(19)20)15(13)16-9-12(17)3/h4-7,12,16H,8-10H2,1-3H3/t12-/m0/s1. The van der Waals surface area contributed by atoms with E-state index in [0.29, 0.717) is 18.3 Å². The number of nitro groups is 1. The number of benzene rings is 1. The molecule has 0 saturated carbocycles. The summed E-state index contributed by atoms with van der Waals surface area (Å²) in [6, 6.07) is 5.61. The summed E-state index contributed by atoms with van der Waals surface area (Å²) in [7, 11) is 0. The van der Waals surface area contributed by atoms with Crippen LogP contribution in [0.1, 0.15) is 26.3 Å². The summed E-state index contributed by atoms with van der Waals surface area (Å²) in [5.41, 5.74) is 3.11. The number of nitrogens with one attached hydrogen (secondary N) is 1. The molecule has 0 aliphatic carbocycles. The van der Waals surface area contributed by atoms with E-state index >= 15 is 0 Å². The van der Waals surface area contributed by atoms with Gasteiger partial charge in [-0.15, -0.1) is 0 Å². The third-order valence-corrected chi connectivity index (χ3v) is 3.63. The Balaban J connectivity index is 2.30. The third-order valence-electron chi connectivity index (χ3n) is 3.63. The molecular weight excluding hydrogens is 254 g/mol. The van der Waals surface area contributed by atoms with Crippen LogP contribution in [0.15, 0.2) is 29.8 Å². The lowest BCUT2D eigenvalue weighted by atomic mass is 10.1. The molecule has 1 N–H and O–H groups in total. The Morgan fingerprint density at radius 1 is 1.55 bits per heavy atom. The summed E-state index contributed by atoms with van der Waals surface area (Å²) in [5, 5.41) is 14.3. The van der Waals surface area contributed by atoms with Crippen molar-refractivity contribution in [1.29, 1.82) is 0 Å². The van der Waals surface area contributed by atoms with E-state index in [9.17, 15) is 10.1 Å². The zero-order valence-electron chi connectivity index (χ0n) is 12.2. The van der Waals surface area contributed by atoms with Crippen molar-refractivity contribution in [2.75, 3.05) is 18.4 Å². The van der Waals surface area contributed by atoms with Gasteiger partial charge in [-0.25, -0.2) is 0 Å². The van der Waals surface area contributed by atoms with E-state index in [2.05, 4.69) is 37.1 Å². The highest BCUT2D eigenvalue weighted by Gasteiger charge is 2.24. The number of nitrogens with zero attached hydrogens (tertiary/aromatic N) is 2. The van der Waals surface area contributed by atoms with E-state index in [1.165, 1.54) is 5.57 Å². The van der Waals surface area contributed by atoms with Crippen LogP contribution in [0, 0.1) is 10.1 Å². The first-order valence-electron chi connectivity index (χ1n) is 6.86. The van der Waals surface area contributed by atoms with Gasteiger partial charge in [0.25, 0.3) is 5.69 Å². The number of rotatable bonds is 3. The number of hydrogen-bond donors (Lipinski definition) is 1. The van der Waals surface area contributed by atoms with E-state index in [1.54, 1.807) is 12.1 Å². The van der Waals surface area contributed by atoms with E-state index in [4.69, 9.17) is 0 Å². The van der Waals surface area contributed by atoms with Gasteiger partial charge in [0.2, 0.25) is 0 Å². The Hall–Kier alpha value is -1.88. The summed E-state index contributed by atoms with van der Waals surface area (Å²) in [5.74, 6) is 0. The average molecular weight is 275 g/mol. The fraction of sp³-hybridized carbons (Fsp3) is 0.467. The second kappa shape index (κ2) is 6.05. The molecule has 1 aromatic rings. The maximum Gasteiger partial charge on any atom is 0.292 e. The van der Waals surface area contributed by atoms with Crippen LogP contribution in [0.3, 0.4) is 0 Å². The topological polar surface area (TPSA) is 58.4 Å². The van der Waals surface area contributed by atoms with Crippen LogP contribution in [-0.2, 0) is 6.54 Å². The smallest absolute Gasteiger partial charge is 0.292 e. The maximum absolute atomic E-state index is 11.1. The summed E-state index contributed by atoms with van der Waals surface area (Å²) in [6.07, 6.45) is 2.19. The van der Waals surface area contributed by atoms with E-state index in [-0.39, 0.29) is 10.6 Å². The highest BCUT2D eigenvalue weighted by Crippen LogP contribution is 2.31. The second-order valence-electron chi connectivity index (χ2n) is 5.51. The molecule has 1 atom stereocenters. The molecule has 0 fully saturated rings. The van der Waals surface area contributed by atoms with Crippen molar-refractivity contribution in [2.24, 2.45) is 0 Å². The van der Waals surface area contributed by atoms with E-state index in [1.807, 2.05) is 6.07 Å². The fourth-order valence-corrected chi connectivity index (χ4v) is 2.37. The lowest BCUT2D eigenvalue weighted by Gasteiger charge is -2.25. The molecule has 0 amide bonds. The van der Waals surface area contributed by atoms with Crippen LogP contribution in [0.4, 0.5) is 11.4 Å². The molecule has 0 saturated heterocycles. The fourth-order valence-electron chi connectivity index (χ4n) is 2.37. The van der Waals surface area contributed by atoms with Gasteiger partial charge in [0.1, 0.15) is 5.69 Å². The van der Waals surface area contributed by atoms with Gasteiger partial charge >= 0.3 is 0 Å². The van der Waals surface area contributed by atoms with Crippen LogP contribution in [0.2, 0.25) is 0 Å². The first-order chi connectivity index (χ1) is 9.49. The van der Waals surface area contributed by atoms with Crippen LogP contribution in [0.5, 0.6) is 0 Å². The molecule has 1 aliphatic rings. The number of allylic oxidation sites excluding steroid dienone is 1. The molecule has 2 rings (SSSR count). The van der Waals surface area contributed by atoms with Crippen molar-refractivity contribution >= 4 is 11.4 Å². The van der Waals surface area contributed by atoms with Crippen LogP contribution >= 0.6 is 0 Å². The van der Waals surface area contributed by atoms with Crippen LogP contribution in [0.25, 0.3) is 0 Å². The molecule has 0 radical (unpaired) electrons. The first kappa shape index (κ1) is 14.5. The Kier molecular flexibility index (Phi) is 4.39. The van der Waals surface area contributed by atoms with E-state index in [0.717, 1.165) is 18.7 Å². The van der Waals surface area contributed by atoms with Gasteiger partial charge in [-0.05, 0) is 26.3 Å². The molecule has 1 aliphatic heterocycles. The normalized spacial score (nSPS) is 18.6. The second-order valence-corrected chi connectivity index (χ2v) is 5.51. The van der Waals surface area contributed by atoms with Gasteiger partial charge in [-0.1, -0.05) is 23.8 Å². The third kappa shape index (κ3) is 3.17. The predicted molar refractivity (Wildman–Crippen MR) is 80.9 cm³/mol. The van der Waals surface area contributed by atoms with Gasteiger partial charge in [0, 0.05) is 31.7 Å². The largest absolute Gasteiger partial charge is 0.378 e. The van der Waals surface area contributed by atoms with Crippen molar-refractivity contribution in [3.8, 4) is 0 Å². The maximum atomic E-state index is 11.1. The monoisotopic (exact) mass is 275 g/mol. The van der Waals surface area contributed by atoms with Crippen molar-refractivity contribution < 1.29 is 4.92 Å². The van der Waals surface area contributed by atoms with Crippen LogP contribution in [-0.4, -0.2) is 29.0 Å². The van der Waals surface area contributed by atoms with Crippen LogP contribution < -0.4 is 5.32 Å². The van der Waals surface area contributed by atoms with Gasteiger partial charge < -0.3 is 5.32 Å². The van der Waals surface area contributed by atoms with Crippen molar-refractivity contribution in [3.63, 3.8) is 0 Å². The first-order valence-corrected chi connectivity index (χ1v) is 6.86. The molecule has 0 spiro atoms. The molecule has 0 unspecified atom stereocenters. The quantitative estimate of drug-likeness (QED) is 0.523. The Morgan fingerprint density at radius 2 is 2.30 bits per heavy atom. The molecule has 0 aromatic heterocycles. The average Bonchev–Trinajstić information content (AvgIpc) is 2.55. The molecule has 5 nitrogen and oxygen atoms in total. The number of hydrogen-bond acceptors (Lipinski definition) is 4. The number of para-hydroxylation sites is 1. The molecule has 20 heavy (non-hydrogen) atoms. The zero-order valence-corrected chi connectivity index (χ0v) is 12.2. The Morgan fingerprint density at radius 3 is 2.95 bits per heavy atom. The SMILES string of the molecule is CC(C)=CCN1Cc2cccc([N+](=O)[O-])c2NC[C@@H]1C. The molecular formula is C15H21N3O2. The minimum Gasteiger partial charge on any atom is -0.378 e. The summed E-state index contributed by atoms with van der Waals surface area (Å²) in [6.45, 7) is 8.62.